The highest BCUT2D eigenvalue weighted by atomic mass is 16.5. The zero-order valence-corrected chi connectivity index (χ0v) is 8.97. The van der Waals surface area contributed by atoms with Gasteiger partial charge < -0.3 is 4.74 Å². The Kier molecular flexibility index (Phi) is 3.67. The monoisotopic (exact) mass is 198 g/mol. The van der Waals surface area contributed by atoms with Crippen LogP contribution in [0.1, 0.15) is 46.0 Å². The third-order valence-electron chi connectivity index (χ3n) is 3.10. The van der Waals surface area contributed by atoms with Crippen LogP contribution in [0.2, 0.25) is 0 Å². The normalized spacial score (nSPS) is 19.3. The van der Waals surface area contributed by atoms with E-state index in [1.807, 2.05) is 0 Å². The van der Waals surface area contributed by atoms with Gasteiger partial charge in [-0.25, -0.2) is 0 Å². The minimum atomic E-state index is -0.397. The molecule has 0 aromatic carbocycles. The standard InChI is InChI=1S/C11H18O3/c1-3-14-10(13)8-11(9(2)12)6-4-5-7-11/h3-8H2,1-2H3. The molecule has 1 saturated carbocycles. The van der Waals surface area contributed by atoms with E-state index in [2.05, 4.69) is 0 Å². The first-order valence-corrected chi connectivity index (χ1v) is 5.27. The molecule has 0 aliphatic heterocycles. The van der Waals surface area contributed by atoms with Crippen LogP contribution in [-0.2, 0) is 14.3 Å². The largest absolute Gasteiger partial charge is 0.466 e. The molecule has 1 fully saturated rings. The molecular formula is C11H18O3. The van der Waals surface area contributed by atoms with E-state index in [0.29, 0.717) is 6.61 Å². The van der Waals surface area contributed by atoms with E-state index < -0.39 is 5.41 Å². The Bertz CT molecular complexity index is 227. The molecule has 0 heterocycles. The Hall–Kier alpha value is -0.860. The van der Waals surface area contributed by atoms with Crippen molar-refractivity contribution in [3.63, 3.8) is 0 Å². The summed E-state index contributed by atoms with van der Waals surface area (Å²) in [6.07, 6.45) is 4.08. The van der Waals surface area contributed by atoms with Crippen molar-refractivity contribution < 1.29 is 14.3 Å². The second-order valence-electron chi connectivity index (χ2n) is 4.03. The third-order valence-corrected chi connectivity index (χ3v) is 3.10. The van der Waals surface area contributed by atoms with Crippen LogP contribution in [0.25, 0.3) is 0 Å². The SMILES string of the molecule is CCOC(=O)CC1(C(C)=O)CCCC1. The summed E-state index contributed by atoms with van der Waals surface area (Å²) in [7, 11) is 0. The van der Waals surface area contributed by atoms with E-state index in [1.165, 1.54) is 0 Å². The van der Waals surface area contributed by atoms with Gasteiger partial charge in [0.1, 0.15) is 5.78 Å². The quantitative estimate of drug-likeness (QED) is 0.650. The van der Waals surface area contributed by atoms with Crippen LogP contribution in [0.5, 0.6) is 0 Å². The second kappa shape index (κ2) is 4.58. The van der Waals surface area contributed by atoms with E-state index in [9.17, 15) is 9.59 Å². The van der Waals surface area contributed by atoms with Gasteiger partial charge in [0.05, 0.1) is 13.0 Å². The molecule has 0 radical (unpaired) electrons. The number of ketones is 1. The molecule has 80 valence electrons. The molecule has 0 N–H and O–H groups in total. The molecule has 3 heteroatoms. The van der Waals surface area contributed by atoms with Crippen molar-refractivity contribution in [2.45, 2.75) is 46.0 Å². The summed E-state index contributed by atoms with van der Waals surface area (Å²) < 4.78 is 4.89. The number of ether oxygens (including phenoxy) is 1. The summed E-state index contributed by atoms with van der Waals surface area (Å²) in [5.74, 6) is -0.0901. The third kappa shape index (κ3) is 2.34. The molecule has 0 atom stereocenters. The van der Waals surface area contributed by atoms with Gasteiger partial charge in [0.2, 0.25) is 0 Å². The molecule has 0 spiro atoms. The molecular weight excluding hydrogens is 180 g/mol. The average Bonchev–Trinajstić information content (AvgIpc) is 2.54. The lowest BCUT2D eigenvalue weighted by Gasteiger charge is -2.24. The average molecular weight is 198 g/mol. The molecule has 0 aromatic heterocycles. The summed E-state index contributed by atoms with van der Waals surface area (Å²) in [6, 6.07) is 0. The molecule has 3 nitrogen and oxygen atoms in total. The van der Waals surface area contributed by atoms with Crippen LogP contribution in [0.15, 0.2) is 0 Å². The number of hydrogen-bond donors (Lipinski definition) is 0. The highest BCUT2D eigenvalue weighted by Crippen LogP contribution is 2.42. The van der Waals surface area contributed by atoms with E-state index in [0.717, 1.165) is 25.7 Å². The predicted molar refractivity (Wildman–Crippen MR) is 52.8 cm³/mol. The van der Waals surface area contributed by atoms with Gasteiger partial charge in [-0.3, -0.25) is 9.59 Å². The molecule has 1 rings (SSSR count). The smallest absolute Gasteiger partial charge is 0.306 e. The topological polar surface area (TPSA) is 43.4 Å². The van der Waals surface area contributed by atoms with Crippen LogP contribution < -0.4 is 0 Å². The van der Waals surface area contributed by atoms with E-state index in [-0.39, 0.29) is 18.2 Å². The maximum atomic E-state index is 11.5. The zero-order chi connectivity index (χ0) is 10.6. The summed E-state index contributed by atoms with van der Waals surface area (Å²) in [6.45, 7) is 3.77. The maximum absolute atomic E-state index is 11.5. The molecule has 0 bridgehead atoms. The predicted octanol–water partition coefficient (Wildman–Crippen LogP) is 2.09. The number of rotatable bonds is 4. The Morgan fingerprint density at radius 3 is 2.29 bits per heavy atom. The summed E-state index contributed by atoms with van der Waals surface area (Å²) in [4.78, 5) is 22.8. The molecule has 1 aliphatic rings. The molecule has 14 heavy (non-hydrogen) atoms. The first kappa shape index (κ1) is 11.2. The van der Waals surface area contributed by atoms with Gasteiger partial charge in [0, 0.05) is 5.41 Å². The second-order valence-corrected chi connectivity index (χ2v) is 4.03. The van der Waals surface area contributed by atoms with Crippen molar-refractivity contribution in [2.24, 2.45) is 5.41 Å². The molecule has 0 unspecified atom stereocenters. The van der Waals surface area contributed by atoms with Gasteiger partial charge in [0.25, 0.3) is 0 Å². The van der Waals surface area contributed by atoms with Crippen LogP contribution in [-0.4, -0.2) is 18.4 Å². The fourth-order valence-electron chi connectivity index (χ4n) is 2.19. The van der Waals surface area contributed by atoms with Crippen LogP contribution in [0, 0.1) is 5.41 Å². The summed E-state index contributed by atoms with van der Waals surface area (Å²) in [5.41, 5.74) is -0.397. The Balaban J connectivity index is 2.60. The van der Waals surface area contributed by atoms with Gasteiger partial charge in [-0.05, 0) is 26.7 Å². The van der Waals surface area contributed by atoms with E-state index in [1.54, 1.807) is 13.8 Å². The van der Waals surface area contributed by atoms with Crippen molar-refractivity contribution in [3.05, 3.63) is 0 Å². The van der Waals surface area contributed by atoms with Crippen molar-refractivity contribution in [1.82, 2.24) is 0 Å². The lowest BCUT2D eigenvalue weighted by molar-refractivity contribution is -0.149. The minimum Gasteiger partial charge on any atom is -0.466 e. The van der Waals surface area contributed by atoms with Gasteiger partial charge in [-0.2, -0.15) is 0 Å². The van der Waals surface area contributed by atoms with Gasteiger partial charge in [-0.1, -0.05) is 12.8 Å². The van der Waals surface area contributed by atoms with Crippen molar-refractivity contribution in [3.8, 4) is 0 Å². The molecule has 0 amide bonds. The Morgan fingerprint density at radius 1 is 1.29 bits per heavy atom. The van der Waals surface area contributed by atoms with Gasteiger partial charge >= 0.3 is 5.97 Å². The number of carbonyl (C=O) groups is 2. The van der Waals surface area contributed by atoms with Gasteiger partial charge in [-0.15, -0.1) is 0 Å². The van der Waals surface area contributed by atoms with Gasteiger partial charge in [0.15, 0.2) is 0 Å². The van der Waals surface area contributed by atoms with Crippen LogP contribution >= 0.6 is 0 Å². The lowest BCUT2D eigenvalue weighted by atomic mass is 9.79. The van der Waals surface area contributed by atoms with E-state index in [4.69, 9.17) is 4.74 Å². The fraction of sp³-hybridized carbons (Fsp3) is 0.818. The van der Waals surface area contributed by atoms with E-state index >= 15 is 0 Å². The minimum absolute atomic E-state index is 0.142. The Labute approximate surface area is 84.8 Å². The summed E-state index contributed by atoms with van der Waals surface area (Å²) >= 11 is 0. The Morgan fingerprint density at radius 2 is 1.86 bits per heavy atom. The molecule has 0 aromatic rings. The first-order valence-electron chi connectivity index (χ1n) is 5.27. The van der Waals surface area contributed by atoms with Crippen LogP contribution in [0.4, 0.5) is 0 Å². The molecule has 1 aliphatic carbocycles. The van der Waals surface area contributed by atoms with Crippen molar-refractivity contribution >= 4 is 11.8 Å². The highest BCUT2D eigenvalue weighted by Gasteiger charge is 2.40. The highest BCUT2D eigenvalue weighted by molar-refractivity contribution is 5.87. The van der Waals surface area contributed by atoms with Crippen molar-refractivity contribution in [1.29, 1.82) is 0 Å². The fourth-order valence-corrected chi connectivity index (χ4v) is 2.19. The first-order chi connectivity index (χ1) is 6.60. The lowest BCUT2D eigenvalue weighted by Crippen LogP contribution is -2.29. The number of Topliss-reactive ketones (excluding diaryl/α,β-unsaturated/α-hetero) is 1. The zero-order valence-electron chi connectivity index (χ0n) is 8.97. The number of hydrogen-bond acceptors (Lipinski definition) is 3. The molecule has 0 saturated heterocycles. The van der Waals surface area contributed by atoms with Crippen LogP contribution in [0.3, 0.4) is 0 Å². The van der Waals surface area contributed by atoms with Crippen molar-refractivity contribution in [2.75, 3.05) is 6.61 Å². The number of esters is 1. The maximum Gasteiger partial charge on any atom is 0.306 e. The number of carbonyl (C=O) groups excluding carboxylic acids is 2. The summed E-state index contributed by atoms with van der Waals surface area (Å²) in [5, 5.41) is 0.